The molecule has 0 radical (unpaired) electrons. The highest BCUT2D eigenvalue weighted by Crippen LogP contribution is 2.57. The van der Waals surface area contributed by atoms with E-state index in [1.807, 2.05) is 0 Å². The number of rotatable bonds is 3. The van der Waals surface area contributed by atoms with Gasteiger partial charge in [0.05, 0.1) is 0 Å². The second-order valence-electron chi connectivity index (χ2n) is 9.00. The molecule has 1 heteroatoms. The zero-order valence-electron chi connectivity index (χ0n) is 16.4. The summed E-state index contributed by atoms with van der Waals surface area (Å²) in [5.74, 6) is 0.861. The molecule has 4 unspecified atom stereocenters. The summed E-state index contributed by atoms with van der Waals surface area (Å²) in [6.07, 6.45) is 13.4. The number of fused-ring (bicyclic) bond motifs is 1. The van der Waals surface area contributed by atoms with Gasteiger partial charge in [-0.05, 0) is 73.5 Å². The third-order valence-electron chi connectivity index (χ3n) is 7.79. The highest BCUT2D eigenvalue weighted by Gasteiger charge is 2.47. The van der Waals surface area contributed by atoms with Crippen molar-refractivity contribution in [3.63, 3.8) is 0 Å². The Kier molecular flexibility index (Phi) is 5.11. The van der Waals surface area contributed by atoms with Gasteiger partial charge in [-0.15, -0.1) is 8.58 Å². The van der Waals surface area contributed by atoms with Crippen LogP contribution in [0.25, 0.3) is 5.57 Å². The molecule has 25 heavy (non-hydrogen) atoms. The van der Waals surface area contributed by atoms with Gasteiger partial charge in [-0.3, -0.25) is 0 Å². The summed E-state index contributed by atoms with van der Waals surface area (Å²) in [6.45, 7) is 7.39. The largest absolute Gasteiger partial charge is 0.115 e. The fraction of sp³-hybridized carbons (Fsp3) is 0.667. The van der Waals surface area contributed by atoms with E-state index in [0.29, 0.717) is 0 Å². The van der Waals surface area contributed by atoms with Gasteiger partial charge in [0.15, 0.2) is 0 Å². The quantitative estimate of drug-likeness (QED) is 0.499. The standard InChI is InChI=1S/C24H35P/c1-17-18(2)24(3,21-14-8-7-13-20(17)21)22-15-9-10-16-23(22)25-19-11-5-4-6-12-19/h7-8,13-14,19,22-23,25H,4-6,9-12,15-16H2,1-3H3. The molecule has 0 aromatic heterocycles. The topological polar surface area (TPSA) is 0 Å². The highest BCUT2D eigenvalue weighted by molar-refractivity contribution is 7.39. The number of hydrogen-bond acceptors (Lipinski definition) is 0. The summed E-state index contributed by atoms with van der Waals surface area (Å²) >= 11 is 0. The lowest BCUT2D eigenvalue weighted by molar-refractivity contribution is 0.260. The normalized spacial score (nSPS) is 34.0. The van der Waals surface area contributed by atoms with E-state index in [2.05, 4.69) is 45.0 Å². The molecule has 4 rings (SSSR count). The summed E-state index contributed by atoms with van der Waals surface area (Å²) in [6, 6.07) is 9.29. The first-order chi connectivity index (χ1) is 12.1. The van der Waals surface area contributed by atoms with Gasteiger partial charge in [-0.25, -0.2) is 0 Å². The molecule has 0 spiro atoms. The lowest BCUT2D eigenvalue weighted by Gasteiger charge is -2.46. The molecule has 4 atom stereocenters. The number of allylic oxidation sites excluding steroid dienone is 2. The SMILES string of the molecule is CC1=C(C)C(C)(C2CCCCC2PC2CCCCC2)c2ccccc21. The Morgan fingerprint density at radius 3 is 2.36 bits per heavy atom. The van der Waals surface area contributed by atoms with Crippen molar-refractivity contribution >= 4 is 14.2 Å². The molecule has 0 saturated heterocycles. The van der Waals surface area contributed by atoms with E-state index in [-0.39, 0.29) is 5.41 Å². The summed E-state index contributed by atoms with van der Waals surface area (Å²) in [4.78, 5) is 0. The molecule has 0 heterocycles. The summed E-state index contributed by atoms with van der Waals surface area (Å²) in [7, 11) is 1.21. The molecule has 0 aliphatic heterocycles. The van der Waals surface area contributed by atoms with Gasteiger partial charge in [0.1, 0.15) is 0 Å². The van der Waals surface area contributed by atoms with Crippen molar-refractivity contribution in [3.8, 4) is 0 Å². The average Bonchev–Trinajstić information content (AvgIpc) is 2.86. The zero-order valence-corrected chi connectivity index (χ0v) is 17.4. The van der Waals surface area contributed by atoms with Crippen LogP contribution in [0.3, 0.4) is 0 Å². The third-order valence-corrected chi connectivity index (χ3v) is 9.96. The van der Waals surface area contributed by atoms with Crippen LogP contribution in [0.5, 0.6) is 0 Å². The summed E-state index contributed by atoms with van der Waals surface area (Å²) in [5, 5.41) is 0. The molecule has 0 nitrogen and oxygen atoms in total. The van der Waals surface area contributed by atoms with E-state index >= 15 is 0 Å². The van der Waals surface area contributed by atoms with Gasteiger partial charge in [-0.1, -0.05) is 68.9 Å². The minimum absolute atomic E-state index is 0.285. The lowest BCUT2D eigenvalue weighted by Crippen LogP contribution is -2.40. The maximum atomic E-state index is 2.59. The van der Waals surface area contributed by atoms with E-state index in [4.69, 9.17) is 0 Å². The average molecular weight is 355 g/mol. The predicted octanol–water partition coefficient (Wildman–Crippen LogP) is 7.32. The molecule has 2 saturated carbocycles. The Balaban J connectivity index is 1.65. The molecular weight excluding hydrogens is 319 g/mol. The van der Waals surface area contributed by atoms with Crippen molar-refractivity contribution in [2.75, 3.05) is 0 Å². The van der Waals surface area contributed by atoms with E-state index < -0.39 is 0 Å². The molecular formula is C24H35P. The van der Waals surface area contributed by atoms with Gasteiger partial charge < -0.3 is 0 Å². The Morgan fingerprint density at radius 1 is 0.880 bits per heavy atom. The van der Waals surface area contributed by atoms with Crippen molar-refractivity contribution in [1.29, 1.82) is 0 Å². The minimum atomic E-state index is 0.285. The van der Waals surface area contributed by atoms with Crippen LogP contribution in [0, 0.1) is 5.92 Å². The van der Waals surface area contributed by atoms with Gasteiger partial charge in [0.2, 0.25) is 0 Å². The predicted molar refractivity (Wildman–Crippen MR) is 113 cm³/mol. The Labute approximate surface area is 156 Å². The van der Waals surface area contributed by atoms with Crippen LogP contribution < -0.4 is 0 Å². The molecule has 3 aliphatic carbocycles. The molecule has 1 aromatic carbocycles. The summed E-state index contributed by atoms with van der Waals surface area (Å²) in [5.41, 5.74) is 8.69. The van der Waals surface area contributed by atoms with Gasteiger partial charge in [0, 0.05) is 5.41 Å². The first-order valence-electron chi connectivity index (χ1n) is 10.7. The fourth-order valence-electron chi connectivity index (χ4n) is 6.13. The van der Waals surface area contributed by atoms with E-state index in [0.717, 1.165) is 17.2 Å². The second-order valence-corrected chi connectivity index (χ2v) is 10.9. The van der Waals surface area contributed by atoms with Gasteiger partial charge in [-0.2, -0.15) is 0 Å². The zero-order chi connectivity index (χ0) is 17.4. The van der Waals surface area contributed by atoms with Crippen molar-refractivity contribution in [1.82, 2.24) is 0 Å². The van der Waals surface area contributed by atoms with Crippen molar-refractivity contribution < 1.29 is 0 Å². The fourth-order valence-corrected chi connectivity index (χ4v) is 8.58. The van der Waals surface area contributed by atoms with Gasteiger partial charge >= 0.3 is 0 Å². The molecule has 0 bridgehead atoms. The maximum absolute atomic E-state index is 2.59. The molecule has 1 aromatic rings. The second kappa shape index (κ2) is 7.19. The first kappa shape index (κ1) is 17.8. The molecule has 0 amide bonds. The van der Waals surface area contributed by atoms with Crippen molar-refractivity contribution in [3.05, 3.63) is 41.0 Å². The van der Waals surface area contributed by atoms with E-state index in [1.165, 1.54) is 71.9 Å². The molecule has 136 valence electrons. The smallest absolute Gasteiger partial charge is 0.0177 e. The minimum Gasteiger partial charge on any atom is -0.115 e. The first-order valence-corrected chi connectivity index (χ1v) is 11.8. The van der Waals surface area contributed by atoms with Crippen LogP contribution in [0.4, 0.5) is 0 Å². The lowest BCUT2D eigenvalue weighted by atomic mass is 9.64. The van der Waals surface area contributed by atoms with Crippen LogP contribution in [-0.2, 0) is 5.41 Å². The highest BCUT2D eigenvalue weighted by atomic mass is 31.1. The van der Waals surface area contributed by atoms with Crippen LogP contribution in [0.1, 0.15) is 89.7 Å². The molecule has 2 fully saturated rings. The van der Waals surface area contributed by atoms with Crippen LogP contribution >= 0.6 is 8.58 Å². The Bertz CT molecular complexity index is 652. The molecule has 3 aliphatic rings. The maximum Gasteiger partial charge on any atom is 0.0177 e. The van der Waals surface area contributed by atoms with Crippen molar-refractivity contribution in [2.45, 2.75) is 95.3 Å². The monoisotopic (exact) mass is 354 g/mol. The van der Waals surface area contributed by atoms with Crippen LogP contribution in [0.15, 0.2) is 29.8 Å². The number of hydrogen-bond donors (Lipinski definition) is 0. The van der Waals surface area contributed by atoms with Crippen LogP contribution in [0.2, 0.25) is 0 Å². The van der Waals surface area contributed by atoms with E-state index in [9.17, 15) is 0 Å². The van der Waals surface area contributed by atoms with Crippen LogP contribution in [-0.4, -0.2) is 11.3 Å². The third kappa shape index (κ3) is 3.03. The summed E-state index contributed by atoms with van der Waals surface area (Å²) < 4.78 is 0. The number of benzene rings is 1. The van der Waals surface area contributed by atoms with Gasteiger partial charge in [0.25, 0.3) is 0 Å². The van der Waals surface area contributed by atoms with E-state index in [1.54, 1.807) is 16.7 Å². The Morgan fingerprint density at radius 2 is 1.56 bits per heavy atom. The van der Waals surface area contributed by atoms with Crippen molar-refractivity contribution in [2.24, 2.45) is 5.92 Å². The Hall–Kier alpha value is -0.610. The molecule has 0 N–H and O–H groups in total.